The highest BCUT2D eigenvalue weighted by Crippen LogP contribution is 2.40. The zero-order valence-corrected chi connectivity index (χ0v) is 11.5. The van der Waals surface area contributed by atoms with E-state index in [2.05, 4.69) is 0 Å². The molecule has 108 valence electrons. The first-order valence-corrected chi connectivity index (χ1v) is 7.28. The highest BCUT2D eigenvalue weighted by molar-refractivity contribution is 5.85. The molecular formula is C14H24N2O3. The van der Waals surface area contributed by atoms with E-state index >= 15 is 0 Å². The molecular weight excluding hydrogens is 244 g/mol. The second-order valence-electron chi connectivity index (χ2n) is 6.05. The van der Waals surface area contributed by atoms with E-state index in [9.17, 15) is 14.7 Å². The first-order chi connectivity index (χ1) is 9.04. The summed E-state index contributed by atoms with van der Waals surface area (Å²) in [6, 6.07) is -0.474. The molecule has 0 bridgehead atoms. The quantitative estimate of drug-likeness (QED) is 0.803. The van der Waals surface area contributed by atoms with Gasteiger partial charge in [-0.25, -0.2) is 4.79 Å². The fourth-order valence-corrected chi connectivity index (χ4v) is 3.53. The summed E-state index contributed by atoms with van der Waals surface area (Å²) in [5.41, 5.74) is 5.56. The van der Waals surface area contributed by atoms with Crippen molar-refractivity contribution < 1.29 is 14.7 Å². The van der Waals surface area contributed by atoms with E-state index in [4.69, 9.17) is 5.73 Å². The van der Waals surface area contributed by atoms with Gasteiger partial charge >= 0.3 is 5.97 Å². The first-order valence-electron chi connectivity index (χ1n) is 7.28. The Morgan fingerprint density at radius 3 is 2.68 bits per heavy atom. The molecule has 1 saturated heterocycles. The summed E-state index contributed by atoms with van der Waals surface area (Å²) in [6.07, 6.45) is 5.27. The van der Waals surface area contributed by atoms with Gasteiger partial charge in [-0.2, -0.15) is 0 Å². The van der Waals surface area contributed by atoms with Gasteiger partial charge in [-0.15, -0.1) is 0 Å². The Balaban J connectivity index is 2.13. The molecule has 2 rings (SSSR count). The van der Waals surface area contributed by atoms with Gasteiger partial charge in [-0.05, 0) is 37.6 Å². The van der Waals surface area contributed by atoms with E-state index in [0.717, 1.165) is 25.7 Å². The van der Waals surface area contributed by atoms with Crippen molar-refractivity contribution >= 4 is 11.9 Å². The first kappa shape index (κ1) is 14.3. The van der Waals surface area contributed by atoms with Crippen molar-refractivity contribution in [2.24, 2.45) is 17.6 Å². The number of amides is 1. The molecule has 4 atom stereocenters. The van der Waals surface area contributed by atoms with Crippen molar-refractivity contribution in [3.63, 3.8) is 0 Å². The highest BCUT2D eigenvalue weighted by Gasteiger charge is 2.47. The van der Waals surface area contributed by atoms with E-state index in [1.54, 1.807) is 4.90 Å². The van der Waals surface area contributed by atoms with Gasteiger partial charge in [0.25, 0.3) is 0 Å². The number of fused-ring (bicyclic) bond motifs is 1. The molecule has 0 aromatic carbocycles. The lowest BCUT2D eigenvalue weighted by molar-refractivity contribution is -0.150. The highest BCUT2D eigenvalue weighted by atomic mass is 16.4. The summed E-state index contributed by atoms with van der Waals surface area (Å²) in [5, 5.41) is 9.35. The standard InChI is InChI=1S/C14H24N2O3/c1-9(8-15)6-13(17)16-11-5-3-2-4-10(11)7-12(16)14(18)19/h9-12H,2-8,15H2,1H3,(H,18,19). The van der Waals surface area contributed by atoms with Gasteiger partial charge in [0.05, 0.1) is 0 Å². The monoisotopic (exact) mass is 268 g/mol. The van der Waals surface area contributed by atoms with Crippen LogP contribution in [-0.2, 0) is 9.59 Å². The minimum atomic E-state index is -0.858. The van der Waals surface area contributed by atoms with Crippen LogP contribution in [0.4, 0.5) is 0 Å². The van der Waals surface area contributed by atoms with Gasteiger partial charge in [0.2, 0.25) is 5.91 Å². The zero-order valence-electron chi connectivity index (χ0n) is 11.5. The Hall–Kier alpha value is -1.10. The lowest BCUT2D eigenvalue weighted by Crippen LogP contribution is -2.46. The van der Waals surface area contributed by atoms with Crippen LogP contribution in [0.1, 0.15) is 45.4 Å². The lowest BCUT2D eigenvalue weighted by Gasteiger charge is -2.33. The summed E-state index contributed by atoms with van der Waals surface area (Å²) >= 11 is 0. The molecule has 0 radical (unpaired) electrons. The molecule has 1 aliphatic carbocycles. The average Bonchev–Trinajstić information content (AvgIpc) is 2.78. The molecule has 2 fully saturated rings. The Kier molecular flexibility index (Phi) is 4.45. The third-order valence-corrected chi connectivity index (χ3v) is 4.59. The second kappa shape index (κ2) is 5.90. The third-order valence-electron chi connectivity index (χ3n) is 4.59. The van der Waals surface area contributed by atoms with Crippen LogP contribution in [0.2, 0.25) is 0 Å². The van der Waals surface area contributed by atoms with Gasteiger partial charge in [-0.1, -0.05) is 19.8 Å². The molecule has 5 heteroatoms. The Morgan fingerprint density at radius 2 is 2.05 bits per heavy atom. The fourth-order valence-electron chi connectivity index (χ4n) is 3.53. The minimum absolute atomic E-state index is 0.0280. The second-order valence-corrected chi connectivity index (χ2v) is 6.05. The maximum absolute atomic E-state index is 12.4. The van der Waals surface area contributed by atoms with Crippen molar-refractivity contribution in [2.45, 2.75) is 57.5 Å². The summed E-state index contributed by atoms with van der Waals surface area (Å²) in [7, 11) is 0. The number of nitrogens with zero attached hydrogens (tertiary/aromatic N) is 1. The maximum Gasteiger partial charge on any atom is 0.326 e. The molecule has 1 saturated carbocycles. The van der Waals surface area contributed by atoms with E-state index in [0.29, 0.717) is 25.3 Å². The molecule has 5 nitrogen and oxygen atoms in total. The van der Waals surface area contributed by atoms with Gasteiger partial charge in [-0.3, -0.25) is 4.79 Å². The number of nitrogens with two attached hydrogens (primary N) is 1. The molecule has 0 aromatic heterocycles. The lowest BCUT2D eigenvalue weighted by atomic mass is 9.84. The van der Waals surface area contributed by atoms with Crippen molar-refractivity contribution in [1.82, 2.24) is 4.90 Å². The largest absolute Gasteiger partial charge is 0.480 e. The number of hydrogen-bond donors (Lipinski definition) is 2. The SMILES string of the molecule is CC(CN)CC(=O)N1C(C(=O)O)CC2CCCCC21. The van der Waals surface area contributed by atoms with Gasteiger partial charge in [0.15, 0.2) is 0 Å². The number of carboxylic acid groups (broad SMARTS) is 1. The molecule has 0 spiro atoms. The van der Waals surface area contributed by atoms with Crippen LogP contribution in [0.5, 0.6) is 0 Å². The predicted molar refractivity (Wildman–Crippen MR) is 71.5 cm³/mol. The predicted octanol–water partition coefficient (Wildman–Crippen LogP) is 1.22. The molecule has 2 aliphatic rings. The summed E-state index contributed by atoms with van der Waals surface area (Å²) in [6.45, 7) is 2.40. The van der Waals surface area contributed by atoms with Crippen LogP contribution < -0.4 is 5.73 Å². The summed E-state index contributed by atoms with van der Waals surface area (Å²) in [5.74, 6) is -0.389. The normalized spacial score (nSPS) is 31.9. The number of rotatable bonds is 4. The average molecular weight is 268 g/mol. The molecule has 0 aromatic rings. The molecule has 1 amide bonds. The van der Waals surface area contributed by atoms with Crippen LogP contribution in [0.25, 0.3) is 0 Å². The van der Waals surface area contributed by atoms with Crippen molar-refractivity contribution in [1.29, 1.82) is 0 Å². The smallest absolute Gasteiger partial charge is 0.326 e. The summed E-state index contributed by atoms with van der Waals surface area (Å²) in [4.78, 5) is 25.5. The number of carbonyl (C=O) groups excluding carboxylic acids is 1. The van der Waals surface area contributed by atoms with E-state index in [-0.39, 0.29) is 17.9 Å². The van der Waals surface area contributed by atoms with Crippen LogP contribution >= 0.6 is 0 Å². The zero-order chi connectivity index (χ0) is 14.0. The van der Waals surface area contributed by atoms with Gasteiger partial charge < -0.3 is 15.7 Å². The maximum atomic E-state index is 12.4. The molecule has 1 heterocycles. The summed E-state index contributed by atoms with van der Waals surface area (Å²) < 4.78 is 0. The van der Waals surface area contributed by atoms with E-state index < -0.39 is 12.0 Å². The van der Waals surface area contributed by atoms with Crippen molar-refractivity contribution in [3.8, 4) is 0 Å². The van der Waals surface area contributed by atoms with Crippen LogP contribution in [0.15, 0.2) is 0 Å². The number of likely N-dealkylation sites (tertiary alicyclic amines) is 1. The van der Waals surface area contributed by atoms with Crippen LogP contribution in [0, 0.1) is 11.8 Å². The third kappa shape index (κ3) is 2.91. The van der Waals surface area contributed by atoms with Crippen molar-refractivity contribution in [2.75, 3.05) is 6.54 Å². The number of hydrogen-bond acceptors (Lipinski definition) is 3. The fraction of sp³-hybridized carbons (Fsp3) is 0.857. The Bertz CT molecular complexity index is 359. The number of carbonyl (C=O) groups is 2. The van der Waals surface area contributed by atoms with E-state index in [1.165, 1.54) is 0 Å². The molecule has 1 aliphatic heterocycles. The van der Waals surface area contributed by atoms with Gasteiger partial charge in [0, 0.05) is 12.5 Å². The molecule has 3 N–H and O–H groups in total. The van der Waals surface area contributed by atoms with E-state index in [1.807, 2.05) is 6.92 Å². The van der Waals surface area contributed by atoms with Gasteiger partial charge in [0.1, 0.15) is 6.04 Å². The number of aliphatic carboxylic acids is 1. The minimum Gasteiger partial charge on any atom is -0.480 e. The van der Waals surface area contributed by atoms with Crippen molar-refractivity contribution in [3.05, 3.63) is 0 Å². The Morgan fingerprint density at radius 1 is 1.37 bits per heavy atom. The molecule has 4 unspecified atom stereocenters. The van der Waals surface area contributed by atoms with Crippen LogP contribution in [-0.4, -0.2) is 40.5 Å². The number of carboxylic acids is 1. The topological polar surface area (TPSA) is 83.6 Å². The van der Waals surface area contributed by atoms with Crippen LogP contribution in [0.3, 0.4) is 0 Å². The Labute approximate surface area is 114 Å². The molecule has 19 heavy (non-hydrogen) atoms.